The molecule has 1 aliphatic carbocycles. The van der Waals surface area contributed by atoms with Gasteiger partial charge in [0.1, 0.15) is 5.69 Å². The van der Waals surface area contributed by atoms with E-state index in [0.29, 0.717) is 29.1 Å². The molecule has 2 aromatic rings. The van der Waals surface area contributed by atoms with E-state index in [9.17, 15) is 4.79 Å². The van der Waals surface area contributed by atoms with Gasteiger partial charge in [0.25, 0.3) is 5.91 Å². The van der Waals surface area contributed by atoms with Gasteiger partial charge in [0, 0.05) is 31.3 Å². The van der Waals surface area contributed by atoms with Crippen LogP contribution in [0.25, 0.3) is 0 Å². The summed E-state index contributed by atoms with van der Waals surface area (Å²) in [5, 5.41) is 11.1. The van der Waals surface area contributed by atoms with Crippen LogP contribution in [-0.4, -0.2) is 32.1 Å². The number of rotatable bonds is 5. The molecule has 0 unspecified atom stereocenters. The Hall–Kier alpha value is -2.31. The van der Waals surface area contributed by atoms with Gasteiger partial charge in [-0.25, -0.2) is 4.98 Å². The molecule has 0 bridgehead atoms. The maximum absolute atomic E-state index is 12.3. The van der Waals surface area contributed by atoms with Crippen LogP contribution in [0.15, 0.2) is 16.8 Å². The Morgan fingerprint density at radius 2 is 2.04 bits per heavy atom. The van der Waals surface area contributed by atoms with Crippen LogP contribution in [0.4, 0.5) is 0 Å². The molecule has 3 rings (SSSR count). The standard InChI is InChI=1S/C16H21N5O2/c1-3-13-20-21-14(23-13)9-11-4-5-12(8-11)19-16(22)15-10(2)17-6-7-18-15/h6-7,11-12H,3-5,8-9H2,1-2H3,(H,19,22)/t11-,12+/m1/s1. The first-order valence-electron chi connectivity index (χ1n) is 8.05. The van der Waals surface area contributed by atoms with Gasteiger partial charge < -0.3 is 9.73 Å². The van der Waals surface area contributed by atoms with Crippen LogP contribution in [0, 0.1) is 12.8 Å². The lowest BCUT2D eigenvalue weighted by atomic mass is 10.0. The van der Waals surface area contributed by atoms with Crippen molar-refractivity contribution in [2.75, 3.05) is 0 Å². The molecule has 0 spiro atoms. The number of hydrogen-bond acceptors (Lipinski definition) is 6. The molecular weight excluding hydrogens is 294 g/mol. The number of aryl methyl sites for hydroxylation is 2. The summed E-state index contributed by atoms with van der Waals surface area (Å²) < 4.78 is 5.57. The van der Waals surface area contributed by atoms with Crippen molar-refractivity contribution in [3.63, 3.8) is 0 Å². The molecule has 1 fully saturated rings. The number of aromatic nitrogens is 4. The van der Waals surface area contributed by atoms with Gasteiger partial charge in [-0.05, 0) is 32.1 Å². The lowest BCUT2D eigenvalue weighted by Gasteiger charge is -2.13. The fraction of sp³-hybridized carbons (Fsp3) is 0.562. The second-order valence-corrected chi connectivity index (χ2v) is 5.99. The summed E-state index contributed by atoms with van der Waals surface area (Å²) in [5.74, 6) is 1.70. The second kappa shape index (κ2) is 6.85. The average molecular weight is 315 g/mol. The van der Waals surface area contributed by atoms with E-state index in [1.807, 2.05) is 6.92 Å². The summed E-state index contributed by atoms with van der Waals surface area (Å²) >= 11 is 0. The number of amides is 1. The lowest BCUT2D eigenvalue weighted by molar-refractivity contribution is 0.0931. The summed E-state index contributed by atoms with van der Waals surface area (Å²) in [6, 6.07) is 0.169. The fourth-order valence-corrected chi connectivity index (χ4v) is 3.04. The molecule has 1 N–H and O–H groups in total. The third kappa shape index (κ3) is 3.72. The van der Waals surface area contributed by atoms with Crippen molar-refractivity contribution in [1.82, 2.24) is 25.5 Å². The average Bonchev–Trinajstić information content (AvgIpc) is 3.17. The van der Waals surface area contributed by atoms with E-state index < -0.39 is 0 Å². The van der Waals surface area contributed by atoms with Crippen LogP contribution in [-0.2, 0) is 12.8 Å². The molecule has 2 aromatic heterocycles. The SMILES string of the molecule is CCc1nnc(C[C@@H]2CC[C@H](NC(=O)c3nccnc3C)C2)o1. The molecule has 1 saturated carbocycles. The highest BCUT2D eigenvalue weighted by molar-refractivity contribution is 5.93. The minimum atomic E-state index is -0.146. The van der Waals surface area contributed by atoms with Gasteiger partial charge in [-0.15, -0.1) is 10.2 Å². The molecule has 0 radical (unpaired) electrons. The minimum Gasteiger partial charge on any atom is -0.425 e. The van der Waals surface area contributed by atoms with Gasteiger partial charge in [0.15, 0.2) is 0 Å². The predicted molar refractivity (Wildman–Crippen MR) is 82.7 cm³/mol. The molecular formula is C16H21N5O2. The van der Waals surface area contributed by atoms with Crippen molar-refractivity contribution < 1.29 is 9.21 Å². The minimum absolute atomic E-state index is 0.146. The Morgan fingerprint density at radius 1 is 1.26 bits per heavy atom. The van der Waals surface area contributed by atoms with Crippen molar-refractivity contribution >= 4 is 5.91 Å². The van der Waals surface area contributed by atoms with Crippen LogP contribution in [0.5, 0.6) is 0 Å². The van der Waals surface area contributed by atoms with Gasteiger partial charge >= 0.3 is 0 Å². The molecule has 122 valence electrons. The zero-order valence-electron chi connectivity index (χ0n) is 13.5. The first-order valence-corrected chi connectivity index (χ1v) is 8.05. The van der Waals surface area contributed by atoms with Crippen LogP contribution in [0.3, 0.4) is 0 Å². The quantitative estimate of drug-likeness (QED) is 0.905. The maximum atomic E-state index is 12.3. The monoisotopic (exact) mass is 315 g/mol. The largest absolute Gasteiger partial charge is 0.425 e. The topological polar surface area (TPSA) is 93.8 Å². The Bertz CT molecular complexity index is 685. The highest BCUT2D eigenvalue weighted by atomic mass is 16.4. The number of hydrogen-bond donors (Lipinski definition) is 1. The Labute approximate surface area is 134 Å². The number of carbonyl (C=O) groups is 1. The number of nitrogens with zero attached hydrogens (tertiary/aromatic N) is 4. The summed E-state index contributed by atoms with van der Waals surface area (Å²) in [6.45, 7) is 3.78. The van der Waals surface area contributed by atoms with Crippen molar-refractivity contribution in [2.24, 2.45) is 5.92 Å². The van der Waals surface area contributed by atoms with Gasteiger partial charge in [-0.1, -0.05) is 6.92 Å². The first kappa shape index (κ1) is 15.6. The molecule has 1 amide bonds. The zero-order chi connectivity index (χ0) is 16.2. The van der Waals surface area contributed by atoms with Gasteiger partial charge in [0.05, 0.1) is 5.69 Å². The maximum Gasteiger partial charge on any atom is 0.271 e. The highest BCUT2D eigenvalue weighted by Crippen LogP contribution is 2.28. The van der Waals surface area contributed by atoms with Crippen molar-refractivity contribution in [3.05, 3.63) is 35.6 Å². The van der Waals surface area contributed by atoms with Crippen molar-refractivity contribution in [1.29, 1.82) is 0 Å². The normalized spacial score (nSPS) is 20.6. The molecule has 7 heteroatoms. The van der Waals surface area contributed by atoms with E-state index in [2.05, 4.69) is 25.5 Å². The molecule has 1 aliphatic rings. The molecule has 2 atom stereocenters. The molecule has 0 aromatic carbocycles. The second-order valence-electron chi connectivity index (χ2n) is 5.99. The van der Waals surface area contributed by atoms with E-state index in [1.54, 1.807) is 19.3 Å². The van der Waals surface area contributed by atoms with Crippen LogP contribution in [0.2, 0.25) is 0 Å². The Kier molecular flexibility index (Phi) is 4.64. The molecule has 2 heterocycles. The molecule has 0 saturated heterocycles. The lowest BCUT2D eigenvalue weighted by Crippen LogP contribution is -2.34. The van der Waals surface area contributed by atoms with Crippen molar-refractivity contribution in [3.8, 4) is 0 Å². The van der Waals surface area contributed by atoms with E-state index in [-0.39, 0.29) is 11.9 Å². The third-order valence-corrected chi connectivity index (χ3v) is 4.25. The third-order valence-electron chi connectivity index (χ3n) is 4.25. The highest BCUT2D eigenvalue weighted by Gasteiger charge is 2.28. The fourth-order valence-electron chi connectivity index (χ4n) is 3.04. The number of carbonyl (C=O) groups excluding carboxylic acids is 1. The summed E-state index contributed by atoms with van der Waals surface area (Å²) in [7, 11) is 0. The molecule has 0 aliphatic heterocycles. The number of nitrogens with one attached hydrogen (secondary N) is 1. The van der Waals surface area contributed by atoms with Gasteiger partial charge in [0.2, 0.25) is 11.8 Å². The zero-order valence-corrected chi connectivity index (χ0v) is 13.5. The molecule has 23 heavy (non-hydrogen) atoms. The van der Waals surface area contributed by atoms with E-state index in [4.69, 9.17) is 4.42 Å². The summed E-state index contributed by atoms with van der Waals surface area (Å²) in [5.41, 5.74) is 1.05. The molecule has 7 nitrogen and oxygen atoms in total. The smallest absolute Gasteiger partial charge is 0.271 e. The van der Waals surface area contributed by atoms with Crippen LogP contribution in [0.1, 0.15) is 54.2 Å². The summed E-state index contributed by atoms with van der Waals surface area (Å²) in [4.78, 5) is 20.5. The van der Waals surface area contributed by atoms with Crippen molar-refractivity contribution in [2.45, 2.75) is 52.0 Å². The van der Waals surface area contributed by atoms with E-state index in [0.717, 1.165) is 32.1 Å². The Morgan fingerprint density at radius 3 is 2.78 bits per heavy atom. The van der Waals surface area contributed by atoms with Gasteiger partial charge in [-0.2, -0.15) is 0 Å². The Balaban J connectivity index is 1.53. The van der Waals surface area contributed by atoms with Crippen LogP contribution < -0.4 is 5.32 Å². The summed E-state index contributed by atoms with van der Waals surface area (Å²) in [6.07, 6.45) is 7.61. The first-order chi connectivity index (χ1) is 11.2. The predicted octanol–water partition coefficient (Wildman–Crippen LogP) is 1.87. The van der Waals surface area contributed by atoms with Crippen LogP contribution >= 0.6 is 0 Å². The van der Waals surface area contributed by atoms with E-state index in [1.165, 1.54) is 0 Å². The van der Waals surface area contributed by atoms with Gasteiger partial charge in [-0.3, -0.25) is 9.78 Å². The van der Waals surface area contributed by atoms with E-state index >= 15 is 0 Å².